The number of nitrogens with zero attached hydrogens (tertiary/aromatic N) is 2. The molecule has 0 saturated carbocycles. The fourth-order valence-corrected chi connectivity index (χ4v) is 2.23. The first-order chi connectivity index (χ1) is 11.2. The fraction of sp³-hybridized carbons (Fsp3) is 0.167. The molecule has 23 heavy (non-hydrogen) atoms. The van der Waals surface area contributed by atoms with Crippen LogP contribution in [0.25, 0.3) is 10.9 Å². The molecule has 1 heterocycles. The zero-order valence-electron chi connectivity index (χ0n) is 13.0. The molecule has 3 aromatic rings. The van der Waals surface area contributed by atoms with Gasteiger partial charge in [-0.1, -0.05) is 44.2 Å². The molecule has 0 bridgehead atoms. The summed E-state index contributed by atoms with van der Waals surface area (Å²) in [6.45, 7) is 4.20. The maximum atomic E-state index is 12.5. The molecule has 0 atom stereocenters. The summed E-state index contributed by atoms with van der Waals surface area (Å²) in [6, 6.07) is 15.9. The van der Waals surface area contributed by atoms with Crippen molar-refractivity contribution in [2.75, 3.05) is 0 Å². The Morgan fingerprint density at radius 2 is 1.78 bits per heavy atom. The molecule has 0 radical (unpaired) electrons. The third-order valence-electron chi connectivity index (χ3n) is 3.29. The minimum atomic E-state index is -0.457. The number of aromatic amines is 1. The van der Waals surface area contributed by atoms with E-state index >= 15 is 0 Å². The van der Waals surface area contributed by atoms with Crippen LogP contribution in [-0.2, 0) is 6.54 Å². The number of hydrogen-bond acceptors (Lipinski definition) is 3. The first-order valence-corrected chi connectivity index (χ1v) is 7.40. The third kappa shape index (κ3) is 3.38. The van der Waals surface area contributed by atoms with Crippen LogP contribution in [0.4, 0.5) is 0 Å². The van der Waals surface area contributed by atoms with Gasteiger partial charge in [-0.3, -0.25) is 9.36 Å². The summed E-state index contributed by atoms with van der Waals surface area (Å²) in [7, 11) is 0. The second kappa shape index (κ2) is 7.23. The van der Waals surface area contributed by atoms with Gasteiger partial charge in [-0.05, 0) is 23.8 Å². The van der Waals surface area contributed by atoms with E-state index in [2.05, 4.69) is 4.98 Å². The fourth-order valence-electron chi connectivity index (χ4n) is 2.23. The first-order valence-electron chi connectivity index (χ1n) is 7.40. The number of fused-ring (bicyclic) bond motifs is 1. The summed E-state index contributed by atoms with van der Waals surface area (Å²) < 4.78 is 1.14. The molecule has 5 nitrogen and oxygen atoms in total. The van der Waals surface area contributed by atoms with E-state index in [9.17, 15) is 9.59 Å². The number of hydrogen-bond donors (Lipinski definition) is 1. The Balaban J connectivity index is 0.000000924. The van der Waals surface area contributed by atoms with Crippen LogP contribution in [0, 0.1) is 11.3 Å². The topological polar surface area (TPSA) is 78.7 Å². The predicted molar refractivity (Wildman–Crippen MR) is 90.4 cm³/mol. The molecule has 0 fully saturated rings. The minimum Gasteiger partial charge on any atom is -0.307 e. The molecule has 0 aliphatic rings. The Labute approximate surface area is 133 Å². The normalized spacial score (nSPS) is 9.78. The molecule has 1 aromatic heterocycles. The maximum Gasteiger partial charge on any atom is 0.329 e. The molecule has 3 rings (SSSR count). The lowest BCUT2D eigenvalue weighted by Crippen LogP contribution is -2.35. The summed E-state index contributed by atoms with van der Waals surface area (Å²) in [4.78, 5) is 27.2. The average molecular weight is 307 g/mol. The quantitative estimate of drug-likeness (QED) is 0.790. The predicted octanol–water partition coefficient (Wildman–Crippen LogP) is 2.64. The van der Waals surface area contributed by atoms with Gasteiger partial charge in [0, 0.05) is 0 Å². The summed E-state index contributed by atoms with van der Waals surface area (Å²) in [5.41, 5.74) is 0.836. The third-order valence-corrected chi connectivity index (χ3v) is 3.29. The van der Waals surface area contributed by atoms with Crippen LogP contribution in [0.3, 0.4) is 0 Å². The van der Waals surface area contributed by atoms with Gasteiger partial charge in [0.25, 0.3) is 5.56 Å². The smallest absolute Gasteiger partial charge is 0.307 e. The Bertz CT molecular complexity index is 963. The monoisotopic (exact) mass is 307 g/mol. The van der Waals surface area contributed by atoms with Gasteiger partial charge in [0.05, 0.1) is 29.1 Å². The van der Waals surface area contributed by atoms with Crippen LogP contribution in [-0.4, -0.2) is 9.55 Å². The number of nitrogens with one attached hydrogen (secondary N) is 1. The zero-order chi connectivity index (χ0) is 16.8. The Morgan fingerprint density at radius 3 is 2.43 bits per heavy atom. The average Bonchev–Trinajstić information content (AvgIpc) is 2.61. The first kappa shape index (κ1) is 16.2. The van der Waals surface area contributed by atoms with Gasteiger partial charge < -0.3 is 4.98 Å². The molecule has 0 aliphatic carbocycles. The molecule has 0 saturated heterocycles. The molecular formula is C18H17N3O2. The van der Waals surface area contributed by atoms with E-state index in [-0.39, 0.29) is 6.54 Å². The van der Waals surface area contributed by atoms with Crippen molar-refractivity contribution >= 4 is 10.9 Å². The highest BCUT2D eigenvalue weighted by molar-refractivity contribution is 5.78. The lowest BCUT2D eigenvalue weighted by Gasteiger charge is -2.06. The lowest BCUT2D eigenvalue weighted by molar-refractivity contribution is 0.712. The van der Waals surface area contributed by atoms with Crippen molar-refractivity contribution in [3.63, 3.8) is 0 Å². The molecular weight excluding hydrogens is 290 g/mol. The van der Waals surface area contributed by atoms with Crippen LogP contribution < -0.4 is 11.2 Å². The number of H-pyrrole nitrogens is 1. The van der Waals surface area contributed by atoms with Crippen molar-refractivity contribution < 1.29 is 0 Å². The van der Waals surface area contributed by atoms with E-state index in [0.717, 1.165) is 10.1 Å². The lowest BCUT2D eigenvalue weighted by atomic mass is 10.1. The Morgan fingerprint density at radius 1 is 1.09 bits per heavy atom. The van der Waals surface area contributed by atoms with E-state index in [1.54, 1.807) is 12.1 Å². The van der Waals surface area contributed by atoms with Gasteiger partial charge in [0.1, 0.15) is 0 Å². The second-order valence-electron chi connectivity index (χ2n) is 4.68. The summed E-state index contributed by atoms with van der Waals surface area (Å²) in [5, 5.41) is 9.25. The van der Waals surface area contributed by atoms with E-state index in [1.165, 1.54) is 6.07 Å². The summed E-state index contributed by atoms with van der Waals surface area (Å²) in [6.07, 6.45) is 0. The summed E-state index contributed by atoms with van der Waals surface area (Å²) >= 11 is 0. The number of benzene rings is 2. The van der Waals surface area contributed by atoms with Crippen LogP contribution in [0.15, 0.2) is 58.1 Å². The van der Waals surface area contributed by atoms with Crippen LogP contribution in [0.5, 0.6) is 0 Å². The van der Waals surface area contributed by atoms with Crippen molar-refractivity contribution in [3.8, 4) is 6.07 Å². The van der Waals surface area contributed by atoms with Gasteiger partial charge in [-0.25, -0.2) is 4.79 Å². The van der Waals surface area contributed by atoms with Crippen LogP contribution in [0.2, 0.25) is 0 Å². The van der Waals surface area contributed by atoms with Gasteiger partial charge in [-0.15, -0.1) is 0 Å². The summed E-state index contributed by atoms with van der Waals surface area (Å²) in [5.74, 6) is 0. The number of nitriles is 1. The van der Waals surface area contributed by atoms with Crippen molar-refractivity contribution in [3.05, 3.63) is 80.5 Å². The van der Waals surface area contributed by atoms with Crippen molar-refractivity contribution in [2.24, 2.45) is 0 Å². The largest absolute Gasteiger partial charge is 0.329 e. The highest BCUT2D eigenvalue weighted by Gasteiger charge is 2.08. The number of aromatic nitrogens is 2. The van der Waals surface area contributed by atoms with Gasteiger partial charge in [0.2, 0.25) is 0 Å². The Kier molecular flexibility index (Phi) is 5.11. The van der Waals surface area contributed by atoms with Gasteiger partial charge in [-0.2, -0.15) is 5.26 Å². The maximum absolute atomic E-state index is 12.5. The van der Waals surface area contributed by atoms with Crippen LogP contribution in [0.1, 0.15) is 25.0 Å². The number of rotatable bonds is 2. The highest BCUT2D eigenvalue weighted by Crippen LogP contribution is 2.08. The van der Waals surface area contributed by atoms with Crippen LogP contribution >= 0.6 is 0 Å². The molecule has 5 heteroatoms. The van der Waals surface area contributed by atoms with Gasteiger partial charge in [0.15, 0.2) is 0 Å². The van der Waals surface area contributed by atoms with E-state index in [4.69, 9.17) is 5.26 Å². The molecule has 116 valence electrons. The molecule has 2 aromatic carbocycles. The van der Waals surface area contributed by atoms with E-state index < -0.39 is 11.2 Å². The van der Waals surface area contributed by atoms with Gasteiger partial charge >= 0.3 is 5.69 Å². The van der Waals surface area contributed by atoms with Crippen molar-refractivity contribution in [1.82, 2.24) is 9.55 Å². The molecule has 0 spiro atoms. The van der Waals surface area contributed by atoms with Crippen molar-refractivity contribution in [2.45, 2.75) is 20.4 Å². The molecule has 0 amide bonds. The van der Waals surface area contributed by atoms with E-state index in [1.807, 2.05) is 50.2 Å². The standard InChI is InChI=1S/C16H11N3O2.C2H6/c17-9-12-6-7-14-13(8-12)15(20)19(16(21)18-14)10-11-4-2-1-3-5-11;1-2/h1-8H,10H2,(H,18,21);1-2H3. The SMILES string of the molecule is CC.N#Cc1ccc2[nH]c(=O)n(Cc3ccccc3)c(=O)c2c1. The minimum absolute atomic E-state index is 0.196. The molecule has 0 unspecified atom stereocenters. The molecule has 0 aliphatic heterocycles. The highest BCUT2D eigenvalue weighted by atomic mass is 16.2. The second-order valence-corrected chi connectivity index (χ2v) is 4.68. The van der Waals surface area contributed by atoms with Crippen molar-refractivity contribution in [1.29, 1.82) is 5.26 Å². The van der Waals surface area contributed by atoms with E-state index in [0.29, 0.717) is 16.5 Å². The molecule has 1 N–H and O–H groups in total. The Hall–Kier alpha value is -3.13. The zero-order valence-corrected chi connectivity index (χ0v) is 13.0.